The van der Waals surface area contributed by atoms with Crippen LogP contribution in [0.25, 0.3) is 0 Å². The minimum atomic E-state index is 0.276. The SMILES string of the molecule is O=C1C/C=C\CCC(=O)C/C=C/CC1. The highest BCUT2D eigenvalue weighted by Crippen LogP contribution is 2.04. The van der Waals surface area contributed by atoms with E-state index < -0.39 is 0 Å². The van der Waals surface area contributed by atoms with Crippen LogP contribution in [0.4, 0.5) is 0 Å². The zero-order valence-electron chi connectivity index (χ0n) is 8.37. The van der Waals surface area contributed by atoms with E-state index in [1.165, 1.54) is 0 Å². The van der Waals surface area contributed by atoms with E-state index in [0.29, 0.717) is 25.7 Å². The number of hydrogen-bond acceptors (Lipinski definition) is 2. The molecule has 0 aromatic heterocycles. The van der Waals surface area contributed by atoms with Gasteiger partial charge in [0.05, 0.1) is 0 Å². The van der Waals surface area contributed by atoms with Crippen LogP contribution in [0.3, 0.4) is 0 Å². The van der Waals surface area contributed by atoms with E-state index in [1.54, 1.807) is 0 Å². The maximum Gasteiger partial charge on any atom is 0.136 e. The summed E-state index contributed by atoms with van der Waals surface area (Å²) in [6, 6.07) is 0. The van der Waals surface area contributed by atoms with Crippen LogP contribution in [0, 0.1) is 0 Å². The van der Waals surface area contributed by atoms with Gasteiger partial charge >= 0.3 is 0 Å². The van der Waals surface area contributed by atoms with Gasteiger partial charge in [-0.1, -0.05) is 24.3 Å². The molecule has 14 heavy (non-hydrogen) atoms. The molecule has 76 valence electrons. The Morgan fingerprint density at radius 3 is 1.57 bits per heavy atom. The summed E-state index contributed by atoms with van der Waals surface area (Å²) in [7, 11) is 0. The molecule has 0 aliphatic heterocycles. The highest BCUT2D eigenvalue weighted by Gasteiger charge is 2.00. The summed E-state index contributed by atoms with van der Waals surface area (Å²) in [6.07, 6.45) is 11.4. The Labute approximate surface area is 84.7 Å². The van der Waals surface area contributed by atoms with Gasteiger partial charge in [-0.15, -0.1) is 0 Å². The van der Waals surface area contributed by atoms with Gasteiger partial charge in [0, 0.05) is 25.7 Å². The maximum atomic E-state index is 11.2. The molecule has 1 aliphatic carbocycles. The second-order valence-electron chi connectivity index (χ2n) is 3.51. The topological polar surface area (TPSA) is 34.1 Å². The zero-order valence-corrected chi connectivity index (χ0v) is 8.37. The average molecular weight is 192 g/mol. The van der Waals surface area contributed by atoms with Gasteiger partial charge in [0.15, 0.2) is 0 Å². The lowest BCUT2D eigenvalue weighted by Gasteiger charge is -1.97. The fraction of sp³-hybridized carbons (Fsp3) is 0.500. The van der Waals surface area contributed by atoms with Crippen LogP contribution in [0.1, 0.15) is 38.5 Å². The highest BCUT2D eigenvalue weighted by molar-refractivity contribution is 5.81. The Morgan fingerprint density at radius 1 is 0.714 bits per heavy atom. The lowest BCUT2D eigenvalue weighted by Crippen LogP contribution is -1.97. The van der Waals surface area contributed by atoms with Crippen molar-refractivity contribution in [3.63, 3.8) is 0 Å². The molecule has 0 unspecified atom stereocenters. The number of carbonyl (C=O) groups excluding carboxylic acids is 2. The fourth-order valence-corrected chi connectivity index (χ4v) is 1.36. The second kappa shape index (κ2) is 6.30. The zero-order chi connectivity index (χ0) is 10.2. The molecular formula is C12H16O2. The molecule has 0 aromatic rings. The molecule has 0 bridgehead atoms. The van der Waals surface area contributed by atoms with Gasteiger partial charge in [0.2, 0.25) is 0 Å². The molecule has 0 fully saturated rings. The minimum absolute atomic E-state index is 0.276. The maximum absolute atomic E-state index is 11.2. The fourth-order valence-electron chi connectivity index (χ4n) is 1.36. The number of carbonyl (C=O) groups is 2. The smallest absolute Gasteiger partial charge is 0.136 e. The molecule has 0 saturated carbocycles. The van der Waals surface area contributed by atoms with Gasteiger partial charge in [-0.2, -0.15) is 0 Å². The van der Waals surface area contributed by atoms with E-state index in [-0.39, 0.29) is 11.6 Å². The number of hydrogen-bond donors (Lipinski definition) is 0. The summed E-state index contributed by atoms with van der Waals surface area (Å²) < 4.78 is 0. The molecule has 2 nitrogen and oxygen atoms in total. The van der Waals surface area contributed by atoms with Crippen LogP contribution < -0.4 is 0 Å². The van der Waals surface area contributed by atoms with E-state index in [2.05, 4.69) is 0 Å². The first-order valence-electron chi connectivity index (χ1n) is 5.12. The third-order valence-corrected chi connectivity index (χ3v) is 2.20. The van der Waals surface area contributed by atoms with E-state index in [9.17, 15) is 9.59 Å². The number of allylic oxidation sites excluding steroid dienone is 4. The monoisotopic (exact) mass is 192 g/mol. The second-order valence-corrected chi connectivity index (χ2v) is 3.51. The highest BCUT2D eigenvalue weighted by atomic mass is 16.1. The Bertz CT molecular complexity index is 233. The molecule has 0 N–H and O–H groups in total. The van der Waals surface area contributed by atoms with Gasteiger partial charge in [-0.25, -0.2) is 0 Å². The summed E-state index contributed by atoms with van der Waals surface area (Å²) in [5.74, 6) is 0.551. The lowest BCUT2D eigenvalue weighted by atomic mass is 10.1. The van der Waals surface area contributed by atoms with Gasteiger partial charge in [0.25, 0.3) is 0 Å². The van der Waals surface area contributed by atoms with E-state index in [1.807, 2.05) is 24.3 Å². The van der Waals surface area contributed by atoms with Crippen molar-refractivity contribution in [2.24, 2.45) is 0 Å². The van der Waals surface area contributed by atoms with Gasteiger partial charge in [0.1, 0.15) is 11.6 Å². The molecule has 0 spiro atoms. The molecule has 1 aliphatic rings. The molecule has 0 radical (unpaired) electrons. The van der Waals surface area contributed by atoms with Crippen molar-refractivity contribution in [2.75, 3.05) is 0 Å². The van der Waals surface area contributed by atoms with E-state index in [4.69, 9.17) is 0 Å². The molecule has 0 amide bonds. The molecule has 0 saturated heterocycles. The predicted molar refractivity (Wildman–Crippen MR) is 56.0 cm³/mol. The number of rotatable bonds is 0. The number of ketones is 2. The summed E-state index contributed by atoms with van der Waals surface area (Å²) in [6.45, 7) is 0. The van der Waals surface area contributed by atoms with E-state index >= 15 is 0 Å². The van der Waals surface area contributed by atoms with Crippen LogP contribution in [-0.2, 0) is 9.59 Å². The number of Topliss-reactive ketones (excluding diaryl/α,β-unsaturated/α-hetero) is 2. The van der Waals surface area contributed by atoms with Gasteiger partial charge < -0.3 is 0 Å². The first-order valence-corrected chi connectivity index (χ1v) is 5.12. The summed E-state index contributed by atoms with van der Waals surface area (Å²) in [4.78, 5) is 22.4. The van der Waals surface area contributed by atoms with Crippen molar-refractivity contribution in [1.82, 2.24) is 0 Å². The van der Waals surface area contributed by atoms with Gasteiger partial charge in [-0.3, -0.25) is 9.59 Å². The van der Waals surface area contributed by atoms with E-state index in [0.717, 1.165) is 12.8 Å². The van der Waals surface area contributed by atoms with Crippen molar-refractivity contribution in [1.29, 1.82) is 0 Å². The summed E-state index contributed by atoms with van der Waals surface area (Å²) in [5.41, 5.74) is 0. The molecule has 0 aromatic carbocycles. The van der Waals surface area contributed by atoms with Crippen molar-refractivity contribution < 1.29 is 9.59 Å². The molecule has 1 rings (SSSR count). The molecular weight excluding hydrogens is 176 g/mol. The van der Waals surface area contributed by atoms with Gasteiger partial charge in [-0.05, 0) is 12.8 Å². The Hall–Kier alpha value is -1.18. The summed E-state index contributed by atoms with van der Waals surface area (Å²) in [5, 5.41) is 0. The third-order valence-electron chi connectivity index (χ3n) is 2.20. The Kier molecular flexibility index (Phi) is 4.90. The van der Waals surface area contributed by atoms with Crippen molar-refractivity contribution >= 4 is 11.6 Å². The average Bonchev–Trinajstić information content (AvgIpc) is 2.14. The summed E-state index contributed by atoms with van der Waals surface area (Å²) >= 11 is 0. The molecule has 0 heterocycles. The largest absolute Gasteiger partial charge is 0.299 e. The van der Waals surface area contributed by atoms with Crippen molar-refractivity contribution in [3.05, 3.63) is 24.3 Å². The third kappa shape index (κ3) is 4.75. The van der Waals surface area contributed by atoms with Crippen molar-refractivity contribution in [3.8, 4) is 0 Å². The normalized spacial score (nSPS) is 24.9. The lowest BCUT2D eigenvalue weighted by molar-refractivity contribution is -0.118. The first kappa shape index (κ1) is 10.9. The Morgan fingerprint density at radius 2 is 1.14 bits per heavy atom. The van der Waals surface area contributed by atoms with Crippen LogP contribution in [-0.4, -0.2) is 11.6 Å². The van der Waals surface area contributed by atoms with Crippen LogP contribution in [0.15, 0.2) is 24.3 Å². The minimum Gasteiger partial charge on any atom is -0.299 e. The molecule has 0 atom stereocenters. The first-order chi connectivity index (χ1) is 6.79. The van der Waals surface area contributed by atoms with Crippen molar-refractivity contribution in [2.45, 2.75) is 38.5 Å². The standard InChI is InChI=1S/C12H16O2/c13-11-7-3-1-4-8-12(14)10-6-2-5-9-11/h1-3,6H,4-5,7-10H2/b3-1-,6-2+. The van der Waals surface area contributed by atoms with Crippen LogP contribution in [0.5, 0.6) is 0 Å². The Balaban J connectivity index is 2.46. The quantitative estimate of drug-likeness (QED) is 0.553. The predicted octanol–water partition coefficient (Wildman–Crippen LogP) is 2.59. The van der Waals surface area contributed by atoms with Crippen LogP contribution >= 0.6 is 0 Å². The van der Waals surface area contributed by atoms with Crippen LogP contribution in [0.2, 0.25) is 0 Å². The molecule has 2 heteroatoms.